The summed E-state index contributed by atoms with van der Waals surface area (Å²) in [6, 6.07) is 2.39. The van der Waals surface area contributed by atoms with Crippen LogP contribution in [0.5, 0.6) is 0 Å². The molecule has 2 heterocycles. The monoisotopic (exact) mass is 268 g/mol. The predicted molar refractivity (Wildman–Crippen MR) is 64.3 cm³/mol. The summed E-state index contributed by atoms with van der Waals surface area (Å²) in [7, 11) is 0. The fourth-order valence-electron chi connectivity index (χ4n) is 1.24. The van der Waals surface area contributed by atoms with E-state index < -0.39 is 17.9 Å². The van der Waals surface area contributed by atoms with Gasteiger partial charge in [-0.1, -0.05) is 6.07 Å². The lowest BCUT2D eigenvalue weighted by Gasteiger charge is -2.11. The number of aliphatic carboxylic acids is 1. The number of carboxylic acids is 1. The van der Waals surface area contributed by atoms with Crippen LogP contribution >= 0.6 is 22.7 Å². The first-order valence-corrected chi connectivity index (χ1v) is 6.46. The van der Waals surface area contributed by atoms with E-state index >= 15 is 0 Å². The maximum absolute atomic E-state index is 11.7. The molecule has 2 aromatic heterocycles. The van der Waals surface area contributed by atoms with E-state index in [4.69, 9.17) is 5.11 Å². The van der Waals surface area contributed by atoms with Gasteiger partial charge in [0.2, 0.25) is 0 Å². The second-order valence-electron chi connectivity index (χ2n) is 3.13. The smallest absolute Gasteiger partial charge is 0.331 e. The molecule has 0 aromatic carbocycles. The van der Waals surface area contributed by atoms with E-state index in [9.17, 15) is 9.59 Å². The SMILES string of the molecule is O=C(NC(C(=O)O)c1cccs1)c1cscn1. The molecule has 2 N–H and O–H groups in total. The molecule has 17 heavy (non-hydrogen) atoms. The van der Waals surface area contributed by atoms with Crippen LogP contribution in [0.1, 0.15) is 21.4 Å². The van der Waals surface area contributed by atoms with Crippen molar-refractivity contribution in [2.24, 2.45) is 0 Å². The summed E-state index contributed by atoms with van der Waals surface area (Å²) in [6.45, 7) is 0. The van der Waals surface area contributed by atoms with Crippen molar-refractivity contribution in [2.45, 2.75) is 6.04 Å². The van der Waals surface area contributed by atoms with Crippen molar-refractivity contribution in [2.75, 3.05) is 0 Å². The summed E-state index contributed by atoms with van der Waals surface area (Å²) in [5.74, 6) is -1.57. The molecule has 0 fully saturated rings. The highest BCUT2D eigenvalue weighted by Gasteiger charge is 2.24. The molecule has 7 heteroatoms. The Balaban J connectivity index is 2.14. The van der Waals surface area contributed by atoms with Gasteiger partial charge in [0.25, 0.3) is 5.91 Å². The molecule has 0 radical (unpaired) electrons. The van der Waals surface area contributed by atoms with E-state index in [0.29, 0.717) is 4.88 Å². The average molecular weight is 268 g/mol. The second-order valence-corrected chi connectivity index (χ2v) is 4.83. The molecular formula is C10H8N2O3S2. The van der Waals surface area contributed by atoms with Crippen LogP contribution in [0.15, 0.2) is 28.4 Å². The Morgan fingerprint density at radius 2 is 2.29 bits per heavy atom. The fourth-order valence-corrected chi connectivity index (χ4v) is 2.54. The molecule has 0 saturated heterocycles. The molecule has 88 valence electrons. The number of nitrogens with zero attached hydrogens (tertiary/aromatic N) is 1. The van der Waals surface area contributed by atoms with Crippen LogP contribution in [-0.2, 0) is 4.79 Å². The minimum atomic E-state index is -1.09. The van der Waals surface area contributed by atoms with Gasteiger partial charge in [-0.05, 0) is 11.4 Å². The molecular weight excluding hydrogens is 260 g/mol. The Hall–Kier alpha value is -1.73. The maximum Gasteiger partial charge on any atom is 0.331 e. The van der Waals surface area contributed by atoms with Gasteiger partial charge in [-0.3, -0.25) is 4.79 Å². The van der Waals surface area contributed by atoms with Crippen molar-refractivity contribution in [3.05, 3.63) is 39.0 Å². The third kappa shape index (κ3) is 2.69. The van der Waals surface area contributed by atoms with Gasteiger partial charge in [-0.2, -0.15) is 0 Å². The van der Waals surface area contributed by atoms with Crippen LogP contribution in [0.3, 0.4) is 0 Å². The number of carbonyl (C=O) groups excluding carboxylic acids is 1. The van der Waals surface area contributed by atoms with Crippen molar-refractivity contribution in [1.29, 1.82) is 0 Å². The Bertz CT molecular complexity index is 508. The van der Waals surface area contributed by atoms with E-state index in [2.05, 4.69) is 10.3 Å². The summed E-state index contributed by atoms with van der Waals surface area (Å²) in [5, 5.41) is 14.8. The topological polar surface area (TPSA) is 79.3 Å². The van der Waals surface area contributed by atoms with Crippen LogP contribution in [-0.4, -0.2) is 22.0 Å². The number of thiazole rings is 1. The molecule has 0 spiro atoms. The van der Waals surface area contributed by atoms with Crippen LogP contribution in [0, 0.1) is 0 Å². The third-order valence-corrected chi connectivity index (χ3v) is 3.54. The molecule has 5 nitrogen and oxygen atoms in total. The van der Waals surface area contributed by atoms with Crippen molar-refractivity contribution in [1.82, 2.24) is 10.3 Å². The summed E-state index contributed by atoms with van der Waals surface area (Å²) in [5.41, 5.74) is 1.76. The number of amides is 1. The van der Waals surface area contributed by atoms with Crippen LogP contribution in [0.2, 0.25) is 0 Å². The quantitative estimate of drug-likeness (QED) is 0.885. The molecule has 0 saturated carbocycles. The number of carboxylic acid groups (broad SMARTS) is 1. The molecule has 0 aliphatic carbocycles. The van der Waals surface area contributed by atoms with E-state index in [1.807, 2.05) is 0 Å². The number of thiophene rings is 1. The lowest BCUT2D eigenvalue weighted by molar-refractivity contribution is -0.139. The van der Waals surface area contributed by atoms with Crippen molar-refractivity contribution in [3.63, 3.8) is 0 Å². The summed E-state index contributed by atoms with van der Waals surface area (Å²) >= 11 is 2.57. The highest BCUT2D eigenvalue weighted by atomic mass is 32.1. The highest BCUT2D eigenvalue weighted by molar-refractivity contribution is 7.10. The van der Waals surface area contributed by atoms with Gasteiger partial charge in [0.1, 0.15) is 5.69 Å². The van der Waals surface area contributed by atoms with Gasteiger partial charge in [0, 0.05) is 10.3 Å². The lowest BCUT2D eigenvalue weighted by atomic mass is 10.2. The van der Waals surface area contributed by atoms with E-state index in [0.717, 1.165) is 0 Å². The molecule has 0 aliphatic rings. The lowest BCUT2D eigenvalue weighted by Crippen LogP contribution is -2.33. The van der Waals surface area contributed by atoms with Gasteiger partial charge in [0.15, 0.2) is 6.04 Å². The van der Waals surface area contributed by atoms with Crippen molar-refractivity contribution in [3.8, 4) is 0 Å². The molecule has 0 bridgehead atoms. The minimum absolute atomic E-state index is 0.234. The average Bonchev–Trinajstić information content (AvgIpc) is 2.97. The Labute approximate surface area is 105 Å². The summed E-state index contributed by atoms with van der Waals surface area (Å²) in [4.78, 5) is 27.2. The van der Waals surface area contributed by atoms with Gasteiger partial charge in [-0.15, -0.1) is 22.7 Å². The Morgan fingerprint density at radius 1 is 1.47 bits per heavy atom. The number of hydrogen-bond donors (Lipinski definition) is 2. The van der Waals surface area contributed by atoms with Gasteiger partial charge >= 0.3 is 5.97 Å². The molecule has 2 rings (SSSR count). The maximum atomic E-state index is 11.7. The number of rotatable bonds is 4. The molecule has 0 aliphatic heterocycles. The van der Waals surface area contributed by atoms with Crippen LogP contribution < -0.4 is 5.32 Å². The molecule has 1 atom stereocenters. The predicted octanol–water partition coefficient (Wildman–Crippen LogP) is 1.76. The Morgan fingerprint density at radius 3 is 2.82 bits per heavy atom. The Kier molecular flexibility index (Phi) is 3.50. The zero-order valence-electron chi connectivity index (χ0n) is 8.49. The molecule has 2 aromatic rings. The van der Waals surface area contributed by atoms with Gasteiger partial charge < -0.3 is 10.4 Å². The first-order valence-electron chi connectivity index (χ1n) is 4.63. The third-order valence-electron chi connectivity index (χ3n) is 2.02. The van der Waals surface area contributed by atoms with Crippen LogP contribution in [0.25, 0.3) is 0 Å². The molecule has 1 amide bonds. The number of aromatic nitrogens is 1. The van der Waals surface area contributed by atoms with Gasteiger partial charge in [0.05, 0.1) is 5.51 Å². The minimum Gasteiger partial charge on any atom is -0.479 e. The van der Waals surface area contributed by atoms with Crippen LogP contribution in [0.4, 0.5) is 0 Å². The highest BCUT2D eigenvalue weighted by Crippen LogP contribution is 2.19. The van der Waals surface area contributed by atoms with Gasteiger partial charge in [-0.25, -0.2) is 9.78 Å². The number of carbonyl (C=O) groups is 2. The molecule has 1 unspecified atom stereocenters. The summed E-state index contributed by atoms with van der Waals surface area (Å²) < 4.78 is 0. The first kappa shape index (κ1) is 11.7. The number of hydrogen-bond acceptors (Lipinski definition) is 5. The normalized spacial score (nSPS) is 12.0. The zero-order valence-corrected chi connectivity index (χ0v) is 10.1. The largest absolute Gasteiger partial charge is 0.479 e. The fraction of sp³-hybridized carbons (Fsp3) is 0.100. The van der Waals surface area contributed by atoms with E-state index in [1.165, 1.54) is 28.2 Å². The van der Waals surface area contributed by atoms with E-state index in [-0.39, 0.29) is 5.69 Å². The van der Waals surface area contributed by atoms with Crippen molar-refractivity contribution >= 4 is 34.6 Å². The second kappa shape index (κ2) is 5.07. The number of nitrogens with one attached hydrogen (secondary N) is 1. The standard InChI is InChI=1S/C10H8N2O3S2/c13-9(6-4-16-5-11-6)12-8(10(14)15)7-2-1-3-17-7/h1-5,8H,(H,12,13)(H,14,15). The van der Waals surface area contributed by atoms with E-state index in [1.54, 1.807) is 22.9 Å². The van der Waals surface area contributed by atoms with Crippen molar-refractivity contribution < 1.29 is 14.7 Å². The first-order chi connectivity index (χ1) is 8.18. The zero-order chi connectivity index (χ0) is 12.3. The summed E-state index contributed by atoms with van der Waals surface area (Å²) in [6.07, 6.45) is 0.